The van der Waals surface area contributed by atoms with E-state index in [4.69, 9.17) is 5.73 Å². The highest BCUT2D eigenvalue weighted by Gasteiger charge is 2.20. The normalized spacial score (nSPS) is 12.4. The number of aryl methyl sites for hydroxylation is 1. The lowest BCUT2D eigenvalue weighted by Crippen LogP contribution is -2.31. The van der Waals surface area contributed by atoms with Crippen molar-refractivity contribution in [2.24, 2.45) is 11.1 Å². The van der Waals surface area contributed by atoms with E-state index in [1.165, 1.54) is 5.56 Å². The summed E-state index contributed by atoms with van der Waals surface area (Å²) in [6.45, 7) is 9.80. The van der Waals surface area contributed by atoms with Crippen molar-refractivity contribution >= 4 is 11.6 Å². The third-order valence-electron chi connectivity index (χ3n) is 5.90. The van der Waals surface area contributed by atoms with Gasteiger partial charge in [0, 0.05) is 18.8 Å². The average Bonchev–Trinajstić information content (AvgIpc) is 3.26. The second-order valence-corrected chi connectivity index (χ2v) is 10.3. The number of hydrogen-bond acceptors (Lipinski definition) is 4. The number of carbonyl (C=O) groups is 1. The molecule has 4 rings (SSSR count). The van der Waals surface area contributed by atoms with Gasteiger partial charge in [-0.1, -0.05) is 75.4 Å². The third-order valence-corrected chi connectivity index (χ3v) is 5.90. The molecule has 0 saturated heterocycles. The number of carbonyl (C=O) groups excluding carboxylic acids is 1. The summed E-state index contributed by atoms with van der Waals surface area (Å²) in [5.41, 5.74) is 12.0. The number of rotatable bonds is 8. The van der Waals surface area contributed by atoms with Crippen LogP contribution in [0.5, 0.6) is 0 Å². The van der Waals surface area contributed by atoms with Crippen molar-refractivity contribution in [3.8, 4) is 5.69 Å². The molecule has 0 saturated carbocycles. The van der Waals surface area contributed by atoms with Gasteiger partial charge in [0.25, 0.3) is 5.91 Å². The Balaban J connectivity index is 1.61. The van der Waals surface area contributed by atoms with Gasteiger partial charge in [-0.15, -0.1) is 0 Å². The van der Waals surface area contributed by atoms with E-state index in [9.17, 15) is 4.79 Å². The molecule has 36 heavy (non-hydrogen) atoms. The molecule has 6 nitrogen and oxygen atoms in total. The standard InChI is InChI=1S/C30H35N5O/c1-21-16-27(35(34-21)26-15-8-10-22(17-26)19-31)29(36)33-25-14-9-13-24(18-25)28(32-20-30(2,3)4)23-11-6-5-7-12-23/h5-18,28,32H,19-20,31H2,1-4H3,(H,33,36). The van der Waals surface area contributed by atoms with E-state index in [0.29, 0.717) is 12.2 Å². The van der Waals surface area contributed by atoms with Crippen molar-refractivity contribution in [3.63, 3.8) is 0 Å². The number of aromatic nitrogens is 2. The highest BCUT2D eigenvalue weighted by Crippen LogP contribution is 2.26. The smallest absolute Gasteiger partial charge is 0.274 e. The minimum atomic E-state index is -0.218. The lowest BCUT2D eigenvalue weighted by Gasteiger charge is -2.26. The van der Waals surface area contributed by atoms with Gasteiger partial charge in [0.2, 0.25) is 0 Å². The van der Waals surface area contributed by atoms with E-state index < -0.39 is 0 Å². The van der Waals surface area contributed by atoms with E-state index >= 15 is 0 Å². The molecule has 0 aliphatic rings. The van der Waals surface area contributed by atoms with Crippen molar-refractivity contribution in [2.45, 2.75) is 40.3 Å². The van der Waals surface area contributed by atoms with Crippen LogP contribution in [-0.2, 0) is 6.54 Å². The lowest BCUT2D eigenvalue weighted by atomic mass is 9.93. The van der Waals surface area contributed by atoms with Gasteiger partial charge in [-0.2, -0.15) is 5.10 Å². The van der Waals surface area contributed by atoms with Gasteiger partial charge in [-0.3, -0.25) is 4.79 Å². The molecule has 1 unspecified atom stereocenters. The molecular formula is C30H35N5O. The maximum Gasteiger partial charge on any atom is 0.274 e. The maximum absolute atomic E-state index is 13.4. The van der Waals surface area contributed by atoms with Crippen LogP contribution in [0.2, 0.25) is 0 Å². The SMILES string of the molecule is Cc1cc(C(=O)Nc2cccc(C(NCC(C)(C)C)c3ccccc3)c2)n(-c2cccc(CN)c2)n1. The second kappa shape index (κ2) is 10.9. The fourth-order valence-electron chi connectivity index (χ4n) is 4.15. The zero-order valence-corrected chi connectivity index (χ0v) is 21.5. The van der Waals surface area contributed by atoms with Crippen molar-refractivity contribution < 1.29 is 4.79 Å². The van der Waals surface area contributed by atoms with E-state index in [1.807, 2.05) is 55.5 Å². The molecule has 1 heterocycles. The quantitative estimate of drug-likeness (QED) is 0.305. The topological polar surface area (TPSA) is 85.0 Å². The van der Waals surface area contributed by atoms with Gasteiger partial charge in [-0.05, 0) is 59.4 Å². The van der Waals surface area contributed by atoms with Crippen molar-refractivity contribution in [1.82, 2.24) is 15.1 Å². The van der Waals surface area contributed by atoms with E-state index in [-0.39, 0.29) is 17.4 Å². The molecule has 0 aliphatic carbocycles. The van der Waals surface area contributed by atoms with E-state index in [0.717, 1.165) is 34.7 Å². The van der Waals surface area contributed by atoms with Gasteiger partial charge in [0.1, 0.15) is 5.69 Å². The Morgan fingerprint density at radius 1 is 0.944 bits per heavy atom. The number of benzene rings is 3. The van der Waals surface area contributed by atoms with Crippen LogP contribution in [0.3, 0.4) is 0 Å². The molecule has 3 aromatic carbocycles. The molecule has 0 spiro atoms. The van der Waals surface area contributed by atoms with Crippen LogP contribution < -0.4 is 16.4 Å². The minimum absolute atomic E-state index is 0.00838. The number of nitrogens with two attached hydrogens (primary N) is 1. The Morgan fingerprint density at radius 2 is 1.67 bits per heavy atom. The van der Waals surface area contributed by atoms with Gasteiger partial charge in [0.15, 0.2) is 0 Å². The van der Waals surface area contributed by atoms with Crippen LogP contribution in [0.4, 0.5) is 5.69 Å². The highest BCUT2D eigenvalue weighted by atomic mass is 16.2. The predicted molar refractivity (Wildman–Crippen MR) is 146 cm³/mol. The number of hydrogen-bond donors (Lipinski definition) is 3. The molecule has 0 bridgehead atoms. The van der Waals surface area contributed by atoms with E-state index in [2.05, 4.69) is 66.8 Å². The van der Waals surface area contributed by atoms with Gasteiger partial charge in [-0.25, -0.2) is 4.68 Å². The summed E-state index contributed by atoms with van der Waals surface area (Å²) in [5.74, 6) is -0.218. The fourth-order valence-corrected chi connectivity index (χ4v) is 4.15. The summed E-state index contributed by atoms with van der Waals surface area (Å²) in [5, 5.41) is 11.3. The monoisotopic (exact) mass is 481 g/mol. The number of nitrogens with zero attached hydrogens (tertiary/aromatic N) is 2. The Bertz CT molecular complexity index is 1320. The van der Waals surface area contributed by atoms with Crippen molar-refractivity contribution in [3.05, 3.63) is 113 Å². The predicted octanol–water partition coefficient (Wildman–Crippen LogP) is 5.62. The number of anilines is 1. The van der Waals surface area contributed by atoms with Crippen LogP contribution in [0.25, 0.3) is 5.69 Å². The summed E-state index contributed by atoms with van der Waals surface area (Å²) >= 11 is 0. The molecule has 6 heteroatoms. The first-order valence-corrected chi connectivity index (χ1v) is 12.3. The lowest BCUT2D eigenvalue weighted by molar-refractivity contribution is 0.101. The minimum Gasteiger partial charge on any atom is -0.326 e. The largest absolute Gasteiger partial charge is 0.326 e. The average molecular weight is 482 g/mol. The van der Waals surface area contributed by atoms with Gasteiger partial charge < -0.3 is 16.4 Å². The van der Waals surface area contributed by atoms with Crippen LogP contribution in [0, 0.1) is 12.3 Å². The zero-order chi connectivity index (χ0) is 25.7. The van der Waals surface area contributed by atoms with Crippen LogP contribution in [-0.4, -0.2) is 22.2 Å². The Kier molecular flexibility index (Phi) is 7.67. The first kappa shape index (κ1) is 25.4. The maximum atomic E-state index is 13.4. The number of amides is 1. The van der Waals surface area contributed by atoms with E-state index in [1.54, 1.807) is 10.7 Å². The molecule has 1 atom stereocenters. The second-order valence-electron chi connectivity index (χ2n) is 10.3. The third kappa shape index (κ3) is 6.27. The van der Waals surface area contributed by atoms with Crippen LogP contribution >= 0.6 is 0 Å². The van der Waals surface area contributed by atoms with Crippen LogP contribution in [0.1, 0.15) is 59.7 Å². The summed E-state index contributed by atoms with van der Waals surface area (Å²) in [6.07, 6.45) is 0. The summed E-state index contributed by atoms with van der Waals surface area (Å²) in [4.78, 5) is 13.4. The Hall–Kier alpha value is -3.74. The fraction of sp³-hybridized carbons (Fsp3) is 0.267. The van der Waals surface area contributed by atoms with Gasteiger partial charge >= 0.3 is 0 Å². The highest BCUT2D eigenvalue weighted by molar-refractivity contribution is 6.03. The first-order chi connectivity index (χ1) is 17.2. The van der Waals surface area contributed by atoms with Crippen molar-refractivity contribution in [1.29, 1.82) is 0 Å². The summed E-state index contributed by atoms with van der Waals surface area (Å²) in [6, 6.07) is 28.0. The molecule has 1 amide bonds. The van der Waals surface area contributed by atoms with Gasteiger partial charge in [0.05, 0.1) is 17.4 Å². The summed E-state index contributed by atoms with van der Waals surface area (Å²) in [7, 11) is 0. The molecule has 4 aromatic rings. The Morgan fingerprint density at radius 3 is 2.39 bits per heavy atom. The molecule has 0 aliphatic heterocycles. The first-order valence-electron chi connectivity index (χ1n) is 12.3. The van der Waals surface area contributed by atoms with Crippen molar-refractivity contribution in [2.75, 3.05) is 11.9 Å². The number of nitrogens with one attached hydrogen (secondary N) is 2. The molecule has 0 fully saturated rings. The van der Waals surface area contributed by atoms with Crippen LogP contribution in [0.15, 0.2) is 84.9 Å². The molecule has 186 valence electrons. The molecule has 1 aromatic heterocycles. The molecular weight excluding hydrogens is 446 g/mol. The Labute approximate surface area is 213 Å². The molecule has 0 radical (unpaired) electrons. The zero-order valence-electron chi connectivity index (χ0n) is 21.5. The summed E-state index contributed by atoms with van der Waals surface area (Å²) < 4.78 is 1.67. The molecule has 4 N–H and O–H groups in total.